The van der Waals surface area contributed by atoms with Crippen LogP contribution in [0.2, 0.25) is 0 Å². The van der Waals surface area contributed by atoms with Crippen LogP contribution in [0.15, 0.2) is 34.3 Å². The maximum atomic E-state index is 11.8. The Morgan fingerprint density at radius 3 is 2.33 bits per heavy atom. The van der Waals surface area contributed by atoms with Crippen molar-refractivity contribution in [3.63, 3.8) is 0 Å². The van der Waals surface area contributed by atoms with Crippen LogP contribution in [0.1, 0.15) is 12.5 Å². The highest BCUT2D eigenvalue weighted by atomic mass is 32.2. The van der Waals surface area contributed by atoms with E-state index in [9.17, 15) is 8.42 Å². The van der Waals surface area contributed by atoms with Crippen LogP contribution in [0.4, 0.5) is 0 Å². The third-order valence-corrected chi connectivity index (χ3v) is 3.79. The summed E-state index contributed by atoms with van der Waals surface area (Å²) < 4.78 is 23.6. The summed E-state index contributed by atoms with van der Waals surface area (Å²) in [6, 6.07) is 6.71. The molecule has 0 saturated heterocycles. The molecule has 2 N–H and O–H groups in total. The van der Waals surface area contributed by atoms with Gasteiger partial charge in [0.2, 0.25) is 0 Å². The predicted octanol–water partition coefficient (Wildman–Crippen LogP) is 1.10. The Morgan fingerprint density at radius 2 is 1.87 bits per heavy atom. The molecule has 1 rings (SSSR count). The summed E-state index contributed by atoms with van der Waals surface area (Å²) in [6.07, 6.45) is 0. The number of nitrogens with two attached hydrogens (primary N) is 1. The molecule has 1 aromatic rings. The van der Waals surface area contributed by atoms with Crippen molar-refractivity contribution in [1.82, 2.24) is 0 Å². The molecule has 0 aromatic heterocycles. The van der Waals surface area contributed by atoms with E-state index in [1.807, 2.05) is 6.92 Å². The monoisotopic (exact) mass is 226 g/mol. The molecule has 0 amide bonds. The minimum absolute atomic E-state index is 0.132. The number of benzene rings is 1. The molecule has 4 nitrogen and oxygen atoms in total. The van der Waals surface area contributed by atoms with Gasteiger partial charge in [0.25, 0.3) is 0 Å². The summed E-state index contributed by atoms with van der Waals surface area (Å²) in [7, 11) is -3.30. The second-order valence-electron chi connectivity index (χ2n) is 3.44. The van der Waals surface area contributed by atoms with E-state index in [-0.39, 0.29) is 5.75 Å². The average molecular weight is 226 g/mol. The summed E-state index contributed by atoms with van der Waals surface area (Å²) in [6.45, 7) is 3.49. The maximum absolute atomic E-state index is 11.8. The third-order valence-electron chi connectivity index (χ3n) is 2.00. The van der Waals surface area contributed by atoms with Gasteiger partial charge in [0.05, 0.1) is 10.6 Å². The van der Waals surface area contributed by atoms with Crippen molar-refractivity contribution >= 4 is 15.5 Å². The number of nitrogens with zero attached hydrogens (tertiary/aromatic N) is 1. The molecule has 0 aliphatic rings. The molecule has 0 aliphatic carbocycles. The maximum Gasteiger partial charge on any atom is 0.183 e. The van der Waals surface area contributed by atoms with Crippen LogP contribution in [0.25, 0.3) is 0 Å². The molecule has 0 radical (unpaired) electrons. The molecule has 0 heterocycles. The molecule has 0 atom stereocenters. The molecule has 0 fully saturated rings. The summed E-state index contributed by atoms with van der Waals surface area (Å²) in [5, 5.41) is 3.35. The molecule has 15 heavy (non-hydrogen) atoms. The highest BCUT2D eigenvalue weighted by Crippen LogP contribution is 2.12. The largest absolute Gasteiger partial charge is 0.323 e. The smallest absolute Gasteiger partial charge is 0.183 e. The lowest BCUT2D eigenvalue weighted by Gasteiger charge is -2.03. The zero-order chi connectivity index (χ0) is 11.5. The molecule has 1 aromatic carbocycles. The van der Waals surface area contributed by atoms with Gasteiger partial charge in [-0.3, -0.25) is 0 Å². The average Bonchev–Trinajstić information content (AvgIpc) is 2.17. The van der Waals surface area contributed by atoms with Crippen LogP contribution in [-0.2, 0) is 9.84 Å². The van der Waals surface area contributed by atoms with Gasteiger partial charge in [-0.05, 0) is 26.0 Å². The van der Waals surface area contributed by atoms with Gasteiger partial charge in [0.15, 0.2) is 9.84 Å². The molecule has 0 bridgehead atoms. The lowest BCUT2D eigenvalue weighted by atomic mass is 10.2. The molecule has 0 aliphatic heterocycles. The molecule has 0 saturated carbocycles. The van der Waals surface area contributed by atoms with E-state index < -0.39 is 9.84 Å². The Kier molecular flexibility index (Phi) is 3.47. The molecule has 0 unspecified atom stereocenters. The number of sulfone groups is 1. The van der Waals surface area contributed by atoms with Gasteiger partial charge in [-0.2, -0.15) is 5.10 Å². The summed E-state index contributed by atoms with van der Waals surface area (Å²) in [4.78, 5) is 0.302. The SMILES string of the molecule is CC(CS(=O)(=O)c1ccc(C)cc1)=NN. The van der Waals surface area contributed by atoms with Crippen LogP contribution in [0, 0.1) is 6.92 Å². The second-order valence-corrected chi connectivity index (χ2v) is 5.43. The van der Waals surface area contributed by atoms with E-state index in [0.29, 0.717) is 10.6 Å². The van der Waals surface area contributed by atoms with Gasteiger partial charge in [0, 0.05) is 5.71 Å². The van der Waals surface area contributed by atoms with E-state index in [1.165, 1.54) is 0 Å². The van der Waals surface area contributed by atoms with Crippen molar-refractivity contribution in [2.24, 2.45) is 10.9 Å². The topological polar surface area (TPSA) is 72.5 Å². The van der Waals surface area contributed by atoms with Crippen LogP contribution >= 0.6 is 0 Å². The standard InChI is InChI=1S/C10H14N2O2S/c1-8-3-5-10(6-4-8)15(13,14)7-9(2)12-11/h3-6H,7,11H2,1-2H3. The Hall–Kier alpha value is -1.36. The Balaban J connectivity index is 3.02. The zero-order valence-corrected chi connectivity index (χ0v) is 9.58. The fourth-order valence-corrected chi connectivity index (χ4v) is 2.48. The summed E-state index contributed by atoms with van der Waals surface area (Å²) >= 11 is 0. The van der Waals surface area contributed by atoms with Crippen LogP contribution in [0.3, 0.4) is 0 Å². The van der Waals surface area contributed by atoms with Crippen molar-refractivity contribution in [3.05, 3.63) is 29.8 Å². The molecular formula is C10H14N2O2S. The highest BCUT2D eigenvalue weighted by Gasteiger charge is 2.15. The number of aryl methyl sites for hydroxylation is 1. The molecule has 5 heteroatoms. The van der Waals surface area contributed by atoms with Crippen molar-refractivity contribution in [1.29, 1.82) is 0 Å². The van der Waals surface area contributed by atoms with Gasteiger partial charge in [-0.1, -0.05) is 17.7 Å². The fraction of sp³-hybridized carbons (Fsp3) is 0.300. The minimum atomic E-state index is -3.30. The Labute approximate surface area is 89.7 Å². The van der Waals surface area contributed by atoms with Gasteiger partial charge in [0.1, 0.15) is 0 Å². The van der Waals surface area contributed by atoms with Crippen LogP contribution in [0.5, 0.6) is 0 Å². The number of hydrogen-bond acceptors (Lipinski definition) is 4. The summed E-state index contributed by atoms with van der Waals surface area (Å²) in [5.41, 5.74) is 1.42. The Bertz CT molecular complexity index is 461. The minimum Gasteiger partial charge on any atom is -0.323 e. The highest BCUT2D eigenvalue weighted by molar-refractivity contribution is 7.92. The first-order valence-corrected chi connectivity index (χ1v) is 6.14. The fourth-order valence-electron chi connectivity index (χ4n) is 1.14. The number of hydrogen-bond donors (Lipinski definition) is 1. The van der Waals surface area contributed by atoms with Crippen molar-refractivity contribution in [2.75, 3.05) is 5.75 Å². The first-order chi connectivity index (χ1) is 6.95. The Morgan fingerprint density at radius 1 is 1.33 bits per heavy atom. The zero-order valence-electron chi connectivity index (χ0n) is 8.77. The number of rotatable bonds is 3. The van der Waals surface area contributed by atoms with Crippen LogP contribution in [-0.4, -0.2) is 19.9 Å². The van der Waals surface area contributed by atoms with E-state index in [0.717, 1.165) is 5.56 Å². The molecule has 0 spiro atoms. The van der Waals surface area contributed by atoms with E-state index in [1.54, 1.807) is 31.2 Å². The van der Waals surface area contributed by atoms with Gasteiger partial charge in [-0.15, -0.1) is 0 Å². The van der Waals surface area contributed by atoms with E-state index in [2.05, 4.69) is 5.10 Å². The van der Waals surface area contributed by atoms with Gasteiger partial charge < -0.3 is 5.84 Å². The van der Waals surface area contributed by atoms with Crippen molar-refractivity contribution < 1.29 is 8.42 Å². The lowest BCUT2D eigenvalue weighted by Crippen LogP contribution is -2.15. The first-order valence-electron chi connectivity index (χ1n) is 4.48. The number of hydrazone groups is 1. The van der Waals surface area contributed by atoms with E-state index in [4.69, 9.17) is 5.84 Å². The summed E-state index contributed by atoms with van der Waals surface area (Å²) in [5.74, 6) is 4.87. The second kappa shape index (κ2) is 4.44. The molecular weight excluding hydrogens is 212 g/mol. The van der Waals surface area contributed by atoms with Crippen molar-refractivity contribution in [3.8, 4) is 0 Å². The molecule has 82 valence electrons. The van der Waals surface area contributed by atoms with E-state index >= 15 is 0 Å². The normalized spacial score (nSPS) is 12.8. The first kappa shape index (κ1) is 11.7. The van der Waals surface area contributed by atoms with Gasteiger partial charge in [-0.25, -0.2) is 8.42 Å². The van der Waals surface area contributed by atoms with Crippen LogP contribution < -0.4 is 5.84 Å². The third kappa shape index (κ3) is 3.06. The lowest BCUT2D eigenvalue weighted by molar-refractivity contribution is 0.600. The van der Waals surface area contributed by atoms with Crippen molar-refractivity contribution in [2.45, 2.75) is 18.7 Å². The van der Waals surface area contributed by atoms with Gasteiger partial charge >= 0.3 is 0 Å². The predicted molar refractivity (Wildman–Crippen MR) is 60.5 cm³/mol. The quantitative estimate of drug-likeness (QED) is 0.476.